The molecule has 8 heteroatoms. The van der Waals surface area contributed by atoms with E-state index in [1.54, 1.807) is 0 Å². The molecule has 1 aliphatic rings. The van der Waals surface area contributed by atoms with Crippen LogP contribution in [-0.2, 0) is 9.59 Å². The summed E-state index contributed by atoms with van der Waals surface area (Å²) in [6.45, 7) is 2.58. The molecule has 0 unspecified atom stereocenters. The van der Waals surface area contributed by atoms with E-state index in [2.05, 4.69) is 0 Å². The average molecular weight is 291 g/mol. The van der Waals surface area contributed by atoms with Crippen LogP contribution < -0.4 is 0 Å². The van der Waals surface area contributed by atoms with Crippen LogP contribution in [0, 0.1) is 0 Å². The number of rotatable bonds is 4. The van der Waals surface area contributed by atoms with Crippen molar-refractivity contribution in [1.29, 1.82) is 0 Å². The molecule has 0 aromatic rings. The zero-order valence-corrected chi connectivity index (χ0v) is 9.72. The first-order valence-electron chi connectivity index (χ1n) is 5.48. The summed E-state index contributed by atoms with van der Waals surface area (Å²) in [5.74, 6) is -2.41. The van der Waals surface area contributed by atoms with E-state index in [4.69, 9.17) is 10.2 Å². The molecule has 0 radical (unpaired) electrons. The molecule has 1 heterocycles. The van der Waals surface area contributed by atoms with Gasteiger partial charge in [-0.3, -0.25) is 4.90 Å². The number of likely N-dealkylation sites (tertiary alicyclic amines) is 1. The number of hydrogen-bond acceptors (Lipinski definition) is 4. The number of hydrogen-bond donors (Lipinski definition) is 3. The summed E-state index contributed by atoms with van der Waals surface area (Å²) in [5.41, 5.74) is -0.225. The Balaban J connectivity index is 0. The number of aliphatic hydroxyl groups excluding tert-OH is 1. The van der Waals surface area contributed by atoms with Gasteiger partial charge in [0.2, 0.25) is 0 Å². The molecule has 0 spiro atoms. The molecule has 0 aromatic heterocycles. The molecule has 1 fully saturated rings. The van der Waals surface area contributed by atoms with E-state index in [1.807, 2.05) is 4.90 Å². The van der Waals surface area contributed by atoms with Crippen molar-refractivity contribution in [3.8, 4) is 0 Å². The van der Waals surface area contributed by atoms with Crippen molar-refractivity contribution in [2.45, 2.75) is 25.9 Å². The summed E-state index contributed by atoms with van der Waals surface area (Å²) >= 11 is 0. The maximum atomic E-state index is 11.0. The van der Waals surface area contributed by atoms with Gasteiger partial charge in [0.05, 0.1) is 11.7 Å². The molecule has 1 aliphatic heterocycles. The topological polar surface area (TPSA) is 98.1 Å². The summed E-state index contributed by atoms with van der Waals surface area (Å²) < 4.78 is 0. The van der Waals surface area contributed by atoms with Gasteiger partial charge < -0.3 is 15.3 Å². The molecule has 0 bridgehead atoms. The van der Waals surface area contributed by atoms with Crippen molar-refractivity contribution in [3.63, 3.8) is 0 Å². The van der Waals surface area contributed by atoms with Gasteiger partial charge in [0, 0.05) is 25.2 Å². The predicted octanol–water partition coefficient (Wildman–Crippen LogP) is -1.37. The van der Waals surface area contributed by atoms with Crippen LogP contribution in [0.4, 0.5) is 0 Å². The van der Waals surface area contributed by atoms with Crippen LogP contribution in [0.1, 0.15) is 19.8 Å². The fraction of sp³-hybridized carbons (Fsp3) is 0.636. The first-order valence-corrected chi connectivity index (χ1v) is 5.48. The third-order valence-corrected chi connectivity index (χ3v) is 2.97. The summed E-state index contributed by atoms with van der Waals surface area (Å²) in [5, 5.41) is 27.1. The second kappa shape index (κ2) is 10.3. The first-order chi connectivity index (χ1) is 7.91. The second-order valence-electron chi connectivity index (χ2n) is 4.22. The number of carboxylic acids is 2. The monoisotopic (exact) mass is 291 g/mol. The van der Waals surface area contributed by atoms with Gasteiger partial charge >= 0.3 is 71.1 Å². The van der Waals surface area contributed by atoms with Crippen LogP contribution >= 0.6 is 0 Å². The van der Waals surface area contributed by atoms with E-state index in [9.17, 15) is 14.7 Å². The Labute approximate surface area is 156 Å². The Kier molecular flexibility index (Phi) is 11.9. The first kappa shape index (κ1) is 21.9. The van der Waals surface area contributed by atoms with Crippen molar-refractivity contribution in [1.82, 2.24) is 4.90 Å². The quantitative estimate of drug-likeness (QED) is 0.437. The maximum absolute atomic E-state index is 11.0. The standard InChI is InChI=1S/C11H17NO5.2Na.2H/c1-7(10(14)15)9(11(16)17)6-12-4-2-8(13)3-5-12;;;;/h8,13H,2-6H2,1H3,(H,14,15)(H,16,17);;;;/b9-7-;;;;. The Morgan fingerprint density at radius 1 is 1.11 bits per heavy atom. The van der Waals surface area contributed by atoms with E-state index >= 15 is 0 Å². The molecule has 19 heavy (non-hydrogen) atoms. The van der Waals surface area contributed by atoms with Gasteiger partial charge in [-0.05, 0) is 19.8 Å². The molecule has 0 saturated carbocycles. The van der Waals surface area contributed by atoms with Gasteiger partial charge in [-0.25, -0.2) is 9.59 Å². The third-order valence-electron chi connectivity index (χ3n) is 2.97. The molecule has 0 atom stereocenters. The Morgan fingerprint density at radius 3 is 1.95 bits per heavy atom. The zero-order valence-electron chi connectivity index (χ0n) is 9.72. The summed E-state index contributed by atoms with van der Waals surface area (Å²) in [6.07, 6.45) is 0.863. The summed E-state index contributed by atoms with van der Waals surface area (Å²) in [7, 11) is 0. The van der Waals surface area contributed by atoms with E-state index < -0.39 is 11.9 Å². The predicted molar refractivity (Wildman–Crippen MR) is 74.0 cm³/mol. The van der Waals surface area contributed by atoms with Crippen molar-refractivity contribution in [3.05, 3.63) is 11.1 Å². The molecule has 1 rings (SSSR count). The van der Waals surface area contributed by atoms with Crippen LogP contribution in [0.2, 0.25) is 0 Å². The van der Waals surface area contributed by atoms with Crippen molar-refractivity contribution in [2.24, 2.45) is 0 Å². The number of carbonyl (C=O) groups is 2. The number of aliphatic carboxylic acids is 2. The average Bonchev–Trinajstić information content (AvgIpc) is 2.26. The normalized spacial score (nSPS) is 17.8. The van der Waals surface area contributed by atoms with E-state index in [0.29, 0.717) is 25.9 Å². The van der Waals surface area contributed by atoms with E-state index in [0.717, 1.165) is 0 Å². The molecule has 0 amide bonds. The minimum atomic E-state index is -1.21. The van der Waals surface area contributed by atoms with Gasteiger partial charge in [0.1, 0.15) is 0 Å². The third kappa shape index (κ3) is 7.24. The van der Waals surface area contributed by atoms with Gasteiger partial charge in [0.15, 0.2) is 0 Å². The zero-order chi connectivity index (χ0) is 13.0. The van der Waals surface area contributed by atoms with Gasteiger partial charge in [-0.15, -0.1) is 0 Å². The number of piperidine rings is 1. The van der Waals surface area contributed by atoms with Crippen LogP contribution in [0.5, 0.6) is 0 Å². The summed E-state index contributed by atoms with van der Waals surface area (Å²) in [6, 6.07) is 0. The molecular weight excluding hydrogens is 272 g/mol. The Morgan fingerprint density at radius 2 is 1.58 bits per heavy atom. The number of nitrogens with zero attached hydrogens (tertiary/aromatic N) is 1. The summed E-state index contributed by atoms with van der Waals surface area (Å²) in [4.78, 5) is 23.6. The van der Waals surface area contributed by atoms with E-state index in [-0.39, 0.29) is 82.9 Å². The fourth-order valence-corrected chi connectivity index (χ4v) is 1.78. The SMILES string of the molecule is C/C(C(=O)O)=C(\CN1CCC(O)CC1)C(=O)O.[NaH].[NaH]. The molecule has 3 N–H and O–H groups in total. The molecule has 0 aliphatic carbocycles. The Bertz CT molecular complexity index is 351. The van der Waals surface area contributed by atoms with Crippen LogP contribution in [-0.4, -0.2) is 117 Å². The molecule has 1 saturated heterocycles. The van der Waals surface area contributed by atoms with Crippen molar-refractivity contribution in [2.75, 3.05) is 19.6 Å². The number of aliphatic hydroxyl groups is 1. The van der Waals surface area contributed by atoms with Crippen LogP contribution in [0.3, 0.4) is 0 Å². The van der Waals surface area contributed by atoms with Gasteiger partial charge in [-0.1, -0.05) is 0 Å². The van der Waals surface area contributed by atoms with Crippen molar-refractivity contribution < 1.29 is 24.9 Å². The fourth-order valence-electron chi connectivity index (χ4n) is 1.78. The second-order valence-corrected chi connectivity index (χ2v) is 4.22. The molecule has 100 valence electrons. The number of carboxylic acid groups (broad SMARTS) is 2. The van der Waals surface area contributed by atoms with Gasteiger partial charge in [0.25, 0.3) is 0 Å². The molecular formula is C11H19NNa2O5. The Hall–Kier alpha value is 0.600. The minimum absolute atomic E-state index is 0. The molecule has 6 nitrogen and oxygen atoms in total. The molecule has 0 aromatic carbocycles. The van der Waals surface area contributed by atoms with Crippen LogP contribution in [0.15, 0.2) is 11.1 Å². The van der Waals surface area contributed by atoms with Gasteiger partial charge in [-0.2, -0.15) is 0 Å². The van der Waals surface area contributed by atoms with E-state index in [1.165, 1.54) is 6.92 Å². The van der Waals surface area contributed by atoms with Crippen LogP contribution in [0.25, 0.3) is 0 Å². The van der Waals surface area contributed by atoms with Crippen molar-refractivity contribution >= 4 is 71.1 Å².